The second-order valence-electron chi connectivity index (χ2n) is 7.15. The first kappa shape index (κ1) is 19.0. The van der Waals surface area contributed by atoms with E-state index in [-0.39, 0.29) is 24.8 Å². The summed E-state index contributed by atoms with van der Waals surface area (Å²) in [5.41, 5.74) is 2.92. The van der Waals surface area contributed by atoms with Crippen LogP contribution in [0.4, 0.5) is 0 Å². The Kier molecular flexibility index (Phi) is 6.76. The first-order valence-electron chi connectivity index (χ1n) is 8.51. The smallest absolute Gasteiger partial charge is 0.0237 e. The molecule has 1 N–H and O–H groups in total. The maximum atomic E-state index is 3.50. The molecule has 2 aliphatic heterocycles. The number of nitrogens with one attached hydrogen (secondary N) is 1. The van der Waals surface area contributed by atoms with E-state index < -0.39 is 0 Å². The lowest BCUT2D eigenvalue weighted by Crippen LogP contribution is -2.46. The van der Waals surface area contributed by atoms with Crippen LogP contribution >= 0.6 is 24.8 Å². The lowest BCUT2D eigenvalue weighted by atomic mass is 10.1. The monoisotopic (exact) mass is 357 g/mol. The van der Waals surface area contributed by atoms with Gasteiger partial charge in [-0.1, -0.05) is 24.3 Å². The highest BCUT2D eigenvalue weighted by Crippen LogP contribution is 2.48. The van der Waals surface area contributed by atoms with Crippen molar-refractivity contribution in [1.82, 2.24) is 15.1 Å². The average molecular weight is 358 g/mol. The quantitative estimate of drug-likeness (QED) is 0.892. The summed E-state index contributed by atoms with van der Waals surface area (Å²) in [6.45, 7) is 12.2. The molecule has 0 amide bonds. The number of rotatable bonds is 4. The Bertz CT molecular complexity index is 493. The van der Waals surface area contributed by atoms with Gasteiger partial charge in [0.1, 0.15) is 0 Å². The molecule has 1 aromatic rings. The standard InChI is InChI=1S/C18H27N3.2ClH/c1-14-4-2-3-5-15(14)12-20-6-8-21(9-7-20)13-18-16-10-19-11-17(16)18;;/h2-5,16-19H,6-13H2,1H3;2*1H/t16-,17+,18?;;. The molecule has 1 aromatic carbocycles. The number of halogens is 2. The first-order valence-corrected chi connectivity index (χ1v) is 8.51. The van der Waals surface area contributed by atoms with Gasteiger partial charge in [0.2, 0.25) is 0 Å². The molecule has 23 heavy (non-hydrogen) atoms. The SMILES string of the molecule is Cc1ccccc1CN1CCN(CC2[C@H]3CNC[C@@H]23)CC1.Cl.Cl. The Morgan fingerprint density at radius 3 is 2.22 bits per heavy atom. The van der Waals surface area contributed by atoms with Crippen molar-refractivity contribution in [2.24, 2.45) is 17.8 Å². The van der Waals surface area contributed by atoms with Crippen LogP contribution in [0.1, 0.15) is 11.1 Å². The Balaban J connectivity index is 0.000000960. The number of nitrogens with zero attached hydrogens (tertiary/aromatic N) is 2. The van der Waals surface area contributed by atoms with Gasteiger partial charge in [-0.2, -0.15) is 0 Å². The summed E-state index contributed by atoms with van der Waals surface area (Å²) in [5.74, 6) is 3.03. The van der Waals surface area contributed by atoms with Gasteiger partial charge in [0.25, 0.3) is 0 Å². The first-order chi connectivity index (χ1) is 10.3. The highest BCUT2D eigenvalue weighted by atomic mass is 35.5. The topological polar surface area (TPSA) is 18.5 Å². The van der Waals surface area contributed by atoms with Gasteiger partial charge in [0.05, 0.1) is 0 Å². The molecule has 3 atom stereocenters. The molecule has 0 radical (unpaired) electrons. The fraction of sp³-hybridized carbons (Fsp3) is 0.667. The van der Waals surface area contributed by atoms with Gasteiger partial charge in [-0.3, -0.25) is 4.90 Å². The van der Waals surface area contributed by atoms with Gasteiger partial charge in [0, 0.05) is 39.3 Å². The van der Waals surface area contributed by atoms with Crippen molar-refractivity contribution in [3.63, 3.8) is 0 Å². The third kappa shape index (κ3) is 4.21. The molecule has 1 aliphatic carbocycles. The fourth-order valence-electron chi connectivity index (χ4n) is 4.27. The third-order valence-electron chi connectivity index (χ3n) is 5.86. The summed E-state index contributed by atoms with van der Waals surface area (Å²) >= 11 is 0. The predicted octanol–water partition coefficient (Wildman–Crippen LogP) is 2.42. The fourth-order valence-corrected chi connectivity index (χ4v) is 4.27. The second-order valence-corrected chi connectivity index (χ2v) is 7.15. The summed E-state index contributed by atoms with van der Waals surface area (Å²) < 4.78 is 0. The van der Waals surface area contributed by atoms with Crippen LogP contribution < -0.4 is 5.32 Å². The Labute approximate surface area is 152 Å². The van der Waals surface area contributed by atoms with Crippen molar-refractivity contribution in [3.05, 3.63) is 35.4 Å². The van der Waals surface area contributed by atoms with E-state index in [1.807, 2.05) is 0 Å². The molecular formula is C18H29Cl2N3. The lowest BCUT2D eigenvalue weighted by Gasteiger charge is -2.35. The predicted molar refractivity (Wildman–Crippen MR) is 101 cm³/mol. The largest absolute Gasteiger partial charge is 0.316 e. The van der Waals surface area contributed by atoms with E-state index in [2.05, 4.69) is 46.3 Å². The lowest BCUT2D eigenvalue weighted by molar-refractivity contribution is 0.120. The number of fused-ring (bicyclic) bond motifs is 1. The normalized spacial score (nSPS) is 30.2. The minimum atomic E-state index is 0. The molecule has 3 nitrogen and oxygen atoms in total. The van der Waals surface area contributed by atoms with E-state index >= 15 is 0 Å². The van der Waals surface area contributed by atoms with Gasteiger partial charge in [-0.25, -0.2) is 0 Å². The molecule has 0 bridgehead atoms. The van der Waals surface area contributed by atoms with Crippen molar-refractivity contribution in [1.29, 1.82) is 0 Å². The second kappa shape index (κ2) is 8.17. The molecule has 130 valence electrons. The molecular weight excluding hydrogens is 329 g/mol. The molecule has 3 aliphatic rings. The molecule has 4 rings (SSSR count). The van der Waals surface area contributed by atoms with Crippen LogP contribution in [0.5, 0.6) is 0 Å². The maximum absolute atomic E-state index is 3.50. The molecule has 1 unspecified atom stereocenters. The van der Waals surface area contributed by atoms with E-state index in [0.717, 1.165) is 24.3 Å². The van der Waals surface area contributed by atoms with E-state index in [0.29, 0.717) is 0 Å². The summed E-state index contributed by atoms with van der Waals surface area (Å²) in [7, 11) is 0. The molecule has 2 saturated heterocycles. The molecule has 3 fully saturated rings. The Morgan fingerprint density at radius 1 is 0.957 bits per heavy atom. The van der Waals surface area contributed by atoms with Crippen LogP contribution in [0.3, 0.4) is 0 Å². The van der Waals surface area contributed by atoms with Crippen molar-refractivity contribution in [3.8, 4) is 0 Å². The summed E-state index contributed by atoms with van der Waals surface area (Å²) in [4.78, 5) is 5.32. The zero-order chi connectivity index (χ0) is 14.2. The van der Waals surface area contributed by atoms with Crippen molar-refractivity contribution >= 4 is 24.8 Å². The van der Waals surface area contributed by atoms with Crippen LogP contribution in [-0.2, 0) is 6.54 Å². The maximum Gasteiger partial charge on any atom is 0.0237 e. The van der Waals surface area contributed by atoms with Crippen LogP contribution in [0.15, 0.2) is 24.3 Å². The van der Waals surface area contributed by atoms with E-state index in [1.165, 1.54) is 56.9 Å². The van der Waals surface area contributed by atoms with Crippen molar-refractivity contribution in [2.45, 2.75) is 13.5 Å². The average Bonchev–Trinajstić information content (AvgIpc) is 2.94. The minimum Gasteiger partial charge on any atom is -0.316 e. The Hall–Kier alpha value is -0.320. The number of hydrogen-bond acceptors (Lipinski definition) is 3. The molecule has 0 aromatic heterocycles. The highest BCUT2D eigenvalue weighted by molar-refractivity contribution is 5.85. The van der Waals surface area contributed by atoms with Gasteiger partial charge < -0.3 is 10.2 Å². The zero-order valence-corrected chi connectivity index (χ0v) is 15.5. The highest BCUT2D eigenvalue weighted by Gasteiger charge is 2.52. The molecule has 1 saturated carbocycles. The zero-order valence-electron chi connectivity index (χ0n) is 13.9. The van der Waals surface area contributed by atoms with Crippen LogP contribution in [0.2, 0.25) is 0 Å². The van der Waals surface area contributed by atoms with E-state index in [9.17, 15) is 0 Å². The van der Waals surface area contributed by atoms with Gasteiger partial charge >= 0.3 is 0 Å². The van der Waals surface area contributed by atoms with Crippen LogP contribution in [-0.4, -0.2) is 55.6 Å². The summed E-state index contributed by atoms with van der Waals surface area (Å²) in [6.07, 6.45) is 0. The number of piperidine rings is 1. The summed E-state index contributed by atoms with van der Waals surface area (Å²) in [5, 5.41) is 3.50. The molecule has 0 spiro atoms. The van der Waals surface area contributed by atoms with Crippen molar-refractivity contribution < 1.29 is 0 Å². The van der Waals surface area contributed by atoms with Crippen LogP contribution in [0, 0.1) is 24.7 Å². The number of benzene rings is 1. The van der Waals surface area contributed by atoms with E-state index in [4.69, 9.17) is 0 Å². The number of hydrogen-bond donors (Lipinski definition) is 1. The third-order valence-corrected chi connectivity index (χ3v) is 5.86. The summed E-state index contributed by atoms with van der Waals surface area (Å²) in [6, 6.07) is 8.81. The Morgan fingerprint density at radius 2 is 1.57 bits per heavy atom. The van der Waals surface area contributed by atoms with Gasteiger partial charge in [-0.05, 0) is 48.9 Å². The van der Waals surface area contributed by atoms with Crippen molar-refractivity contribution in [2.75, 3.05) is 45.8 Å². The number of aryl methyl sites for hydroxylation is 1. The molecule has 5 heteroatoms. The minimum absolute atomic E-state index is 0. The van der Waals surface area contributed by atoms with Gasteiger partial charge in [0.15, 0.2) is 0 Å². The van der Waals surface area contributed by atoms with Crippen LogP contribution in [0.25, 0.3) is 0 Å². The van der Waals surface area contributed by atoms with E-state index in [1.54, 1.807) is 0 Å². The molecule has 2 heterocycles. The van der Waals surface area contributed by atoms with Gasteiger partial charge in [-0.15, -0.1) is 24.8 Å². The number of piperazine rings is 1.